The predicted octanol–water partition coefficient (Wildman–Crippen LogP) is 3.08. The minimum atomic E-state index is 0.410. The van der Waals surface area contributed by atoms with E-state index in [0.717, 1.165) is 30.6 Å². The summed E-state index contributed by atoms with van der Waals surface area (Å²) in [6.07, 6.45) is 6.21. The minimum Gasteiger partial charge on any atom is -0.265 e. The van der Waals surface area contributed by atoms with Gasteiger partial charge >= 0.3 is 0 Å². The highest BCUT2D eigenvalue weighted by Gasteiger charge is 2.13. The highest BCUT2D eigenvalue weighted by atomic mass is 15.4. The summed E-state index contributed by atoms with van der Waals surface area (Å²) in [6.45, 7) is 2.08. The van der Waals surface area contributed by atoms with Gasteiger partial charge < -0.3 is 0 Å². The predicted molar refractivity (Wildman–Crippen MR) is 87.1 cm³/mol. The number of hydrogen-bond donors (Lipinski definition) is 0. The number of pyridine rings is 1. The fourth-order valence-electron chi connectivity index (χ4n) is 2.55. The zero-order valence-electron chi connectivity index (χ0n) is 13.0. The second-order valence-electron chi connectivity index (χ2n) is 5.36. The van der Waals surface area contributed by atoms with Gasteiger partial charge in [-0.2, -0.15) is 5.26 Å². The van der Waals surface area contributed by atoms with E-state index in [1.54, 1.807) is 17.1 Å². The van der Waals surface area contributed by atoms with Crippen molar-refractivity contribution >= 4 is 0 Å². The van der Waals surface area contributed by atoms with Crippen LogP contribution in [0.1, 0.15) is 35.9 Å². The van der Waals surface area contributed by atoms with Crippen molar-refractivity contribution in [3.05, 3.63) is 71.3 Å². The average Bonchev–Trinajstić information content (AvgIpc) is 3.00. The van der Waals surface area contributed by atoms with Crippen molar-refractivity contribution in [1.82, 2.24) is 20.0 Å². The third kappa shape index (κ3) is 3.27. The number of nitrogens with zero attached hydrogens (tertiary/aromatic N) is 5. The van der Waals surface area contributed by atoms with Crippen LogP contribution in [0.15, 0.2) is 48.8 Å². The Morgan fingerprint density at radius 3 is 2.39 bits per heavy atom. The van der Waals surface area contributed by atoms with Gasteiger partial charge in [0, 0.05) is 12.4 Å². The maximum atomic E-state index is 9.14. The Kier molecular flexibility index (Phi) is 4.44. The van der Waals surface area contributed by atoms with E-state index in [-0.39, 0.29) is 0 Å². The molecule has 2 heterocycles. The molecule has 23 heavy (non-hydrogen) atoms. The smallest absolute Gasteiger partial charge is 0.186 e. The topological polar surface area (TPSA) is 67.4 Å². The van der Waals surface area contributed by atoms with Gasteiger partial charge in [0.2, 0.25) is 0 Å². The van der Waals surface area contributed by atoms with Gasteiger partial charge in [0.25, 0.3) is 0 Å². The third-order valence-corrected chi connectivity index (χ3v) is 3.69. The standard InChI is InChI=1S/C18H17N5/c1-2-3-18-17(13-19)21-22-23(18)16-6-4-14(5-7-16)12-15-8-10-20-11-9-15/h4-11H,2-3,12H2,1H3. The Labute approximate surface area is 135 Å². The highest BCUT2D eigenvalue weighted by molar-refractivity contribution is 5.39. The summed E-state index contributed by atoms with van der Waals surface area (Å²) in [7, 11) is 0. The summed E-state index contributed by atoms with van der Waals surface area (Å²) in [6, 6.07) is 14.4. The molecule has 0 spiro atoms. The number of hydrogen-bond acceptors (Lipinski definition) is 4. The second-order valence-corrected chi connectivity index (χ2v) is 5.36. The summed E-state index contributed by atoms with van der Waals surface area (Å²) < 4.78 is 1.76. The molecule has 3 rings (SSSR count). The lowest BCUT2D eigenvalue weighted by Crippen LogP contribution is -2.03. The van der Waals surface area contributed by atoms with Gasteiger partial charge in [-0.05, 0) is 48.2 Å². The molecule has 0 bridgehead atoms. The number of benzene rings is 1. The Hall–Kier alpha value is -3.00. The average molecular weight is 303 g/mol. The van der Waals surface area contributed by atoms with Crippen LogP contribution in [0.2, 0.25) is 0 Å². The molecule has 0 unspecified atom stereocenters. The molecule has 5 nitrogen and oxygen atoms in total. The summed E-state index contributed by atoms with van der Waals surface area (Å²) in [5, 5.41) is 17.2. The Morgan fingerprint density at radius 2 is 1.74 bits per heavy atom. The van der Waals surface area contributed by atoms with Crippen molar-refractivity contribution in [2.75, 3.05) is 0 Å². The Morgan fingerprint density at radius 1 is 1.04 bits per heavy atom. The van der Waals surface area contributed by atoms with Crippen LogP contribution < -0.4 is 0 Å². The first-order chi connectivity index (χ1) is 11.3. The number of nitriles is 1. The van der Waals surface area contributed by atoms with Gasteiger partial charge in [0.05, 0.1) is 11.4 Å². The lowest BCUT2D eigenvalue weighted by atomic mass is 10.1. The van der Waals surface area contributed by atoms with Crippen LogP contribution in [0, 0.1) is 11.3 Å². The molecule has 0 fully saturated rings. The van der Waals surface area contributed by atoms with E-state index < -0.39 is 0 Å². The Balaban J connectivity index is 1.85. The Bertz CT molecular complexity index is 813. The van der Waals surface area contributed by atoms with Gasteiger partial charge in [-0.1, -0.05) is 30.7 Å². The van der Waals surface area contributed by atoms with Gasteiger partial charge in [-0.25, -0.2) is 4.68 Å². The van der Waals surface area contributed by atoms with Gasteiger partial charge in [-0.15, -0.1) is 5.10 Å². The van der Waals surface area contributed by atoms with Crippen LogP contribution >= 0.6 is 0 Å². The molecular weight excluding hydrogens is 286 g/mol. The molecule has 114 valence electrons. The molecular formula is C18H17N5. The largest absolute Gasteiger partial charge is 0.265 e. The van der Waals surface area contributed by atoms with Gasteiger partial charge in [0.15, 0.2) is 5.69 Å². The van der Waals surface area contributed by atoms with Crippen LogP contribution in [0.4, 0.5) is 0 Å². The van der Waals surface area contributed by atoms with E-state index >= 15 is 0 Å². The molecule has 0 radical (unpaired) electrons. The van der Waals surface area contributed by atoms with Gasteiger partial charge in [0.1, 0.15) is 6.07 Å². The lowest BCUT2D eigenvalue weighted by Gasteiger charge is -2.07. The zero-order valence-corrected chi connectivity index (χ0v) is 13.0. The van der Waals surface area contributed by atoms with E-state index in [4.69, 9.17) is 5.26 Å². The molecule has 0 saturated carbocycles. The zero-order chi connectivity index (χ0) is 16.1. The lowest BCUT2D eigenvalue weighted by molar-refractivity contribution is 0.745. The normalized spacial score (nSPS) is 10.4. The molecule has 2 aromatic heterocycles. The number of aromatic nitrogens is 4. The SMILES string of the molecule is CCCc1c(C#N)nnn1-c1ccc(Cc2ccncc2)cc1. The molecule has 1 aromatic carbocycles. The van der Waals surface area contributed by atoms with E-state index in [9.17, 15) is 0 Å². The van der Waals surface area contributed by atoms with Crippen molar-refractivity contribution < 1.29 is 0 Å². The van der Waals surface area contributed by atoms with Crippen LogP contribution in [-0.2, 0) is 12.8 Å². The fourth-order valence-corrected chi connectivity index (χ4v) is 2.55. The summed E-state index contributed by atoms with van der Waals surface area (Å²) in [4.78, 5) is 4.03. The molecule has 0 saturated heterocycles. The van der Waals surface area contributed by atoms with E-state index in [2.05, 4.69) is 40.4 Å². The van der Waals surface area contributed by atoms with Crippen molar-refractivity contribution in [3.63, 3.8) is 0 Å². The highest BCUT2D eigenvalue weighted by Crippen LogP contribution is 2.16. The van der Waals surface area contributed by atoms with Crippen molar-refractivity contribution in [1.29, 1.82) is 5.26 Å². The summed E-state index contributed by atoms with van der Waals surface area (Å²) in [5.74, 6) is 0. The molecule has 0 aliphatic carbocycles. The molecule has 0 atom stereocenters. The molecule has 3 aromatic rings. The summed E-state index contributed by atoms with van der Waals surface area (Å²) in [5.41, 5.74) is 4.66. The number of rotatable bonds is 5. The van der Waals surface area contributed by atoms with Crippen LogP contribution in [0.25, 0.3) is 5.69 Å². The van der Waals surface area contributed by atoms with Crippen molar-refractivity contribution in [2.24, 2.45) is 0 Å². The molecule has 5 heteroatoms. The first-order valence-corrected chi connectivity index (χ1v) is 7.64. The maximum Gasteiger partial charge on any atom is 0.186 e. The first kappa shape index (κ1) is 14.9. The monoisotopic (exact) mass is 303 g/mol. The van der Waals surface area contributed by atoms with Crippen molar-refractivity contribution in [3.8, 4) is 11.8 Å². The fraction of sp³-hybridized carbons (Fsp3) is 0.222. The van der Waals surface area contributed by atoms with Crippen LogP contribution in [0.3, 0.4) is 0 Å². The van der Waals surface area contributed by atoms with E-state index in [0.29, 0.717) is 5.69 Å². The minimum absolute atomic E-state index is 0.410. The summed E-state index contributed by atoms with van der Waals surface area (Å²) >= 11 is 0. The third-order valence-electron chi connectivity index (χ3n) is 3.69. The van der Waals surface area contributed by atoms with Crippen molar-refractivity contribution in [2.45, 2.75) is 26.2 Å². The van der Waals surface area contributed by atoms with Gasteiger partial charge in [-0.3, -0.25) is 4.98 Å². The van der Waals surface area contributed by atoms with Crippen LogP contribution in [0.5, 0.6) is 0 Å². The maximum absolute atomic E-state index is 9.14. The van der Waals surface area contributed by atoms with E-state index in [1.807, 2.05) is 24.3 Å². The quantitative estimate of drug-likeness (QED) is 0.726. The first-order valence-electron chi connectivity index (χ1n) is 7.64. The molecule has 0 N–H and O–H groups in total. The van der Waals surface area contributed by atoms with E-state index in [1.165, 1.54) is 11.1 Å². The second kappa shape index (κ2) is 6.84. The molecule has 0 aliphatic rings. The van der Waals surface area contributed by atoms with Crippen LogP contribution in [-0.4, -0.2) is 20.0 Å². The molecule has 0 aliphatic heterocycles. The molecule has 0 amide bonds.